The lowest BCUT2D eigenvalue weighted by atomic mass is 10.1. The summed E-state index contributed by atoms with van der Waals surface area (Å²) < 4.78 is 5.26. The Morgan fingerprint density at radius 2 is 1.74 bits per heavy atom. The van der Waals surface area contributed by atoms with E-state index >= 15 is 0 Å². The van der Waals surface area contributed by atoms with Gasteiger partial charge in [-0.2, -0.15) is 0 Å². The number of nitrogens with zero attached hydrogens (tertiary/aromatic N) is 1. The topological polar surface area (TPSA) is 87.7 Å². The number of anilines is 1. The molecule has 34 heavy (non-hydrogen) atoms. The van der Waals surface area contributed by atoms with Gasteiger partial charge in [0.25, 0.3) is 5.91 Å². The van der Waals surface area contributed by atoms with Crippen LogP contribution in [0, 0.1) is 0 Å². The third-order valence-corrected chi connectivity index (χ3v) is 7.58. The fourth-order valence-corrected chi connectivity index (χ4v) is 5.54. The highest BCUT2D eigenvalue weighted by Crippen LogP contribution is 2.32. The first-order valence-electron chi connectivity index (χ1n) is 11.2. The van der Waals surface area contributed by atoms with Gasteiger partial charge in [-0.3, -0.25) is 19.3 Å². The van der Waals surface area contributed by atoms with Gasteiger partial charge in [-0.25, -0.2) is 0 Å². The van der Waals surface area contributed by atoms with Crippen molar-refractivity contribution in [3.8, 4) is 5.75 Å². The van der Waals surface area contributed by atoms with Crippen molar-refractivity contribution < 1.29 is 19.1 Å². The Morgan fingerprint density at radius 3 is 2.35 bits per heavy atom. The van der Waals surface area contributed by atoms with Gasteiger partial charge in [0.15, 0.2) is 0 Å². The van der Waals surface area contributed by atoms with E-state index in [1.165, 1.54) is 27.6 Å². The average Bonchev–Trinajstić information content (AvgIpc) is 3.64. The Bertz CT molecular complexity index is 1090. The van der Waals surface area contributed by atoms with Gasteiger partial charge in [-0.1, -0.05) is 25.0 Å². The van der Waals surface area contributed by atoms with Crippen LogP contribution in [0.1, 0.15) is 46.3 Å². The molecule has 1 aliphatic carbocycles. The number of nitrogens with one attached hydrogen (secondary N) is 2. The first-order valence-corrected chi connectivity index (χ1v) is 12.9. The Morgan fingerprint density at radius 1 is 1.03 bits per heavy atom. The standard InChI is InChI=1S/C25H27N3O4S2/c1-32-19-12-10-18(11-13-19)28(22(29)16-26-24(30)21-9-5-15-34-21)23(20-8-4-14-33-20)25(31)27-17-6-2-3-7-17/h4-5,8-15,17,23H,2-3,6-7,16H2,1H3,(H,26,30)(H,27,31)/t23-/m1/s1. The number of benzene rings is 1. The number of rotatable bonds is 9. The van der Waals surface area contributed by atoms with Crippen LogP contribution in [0.5, 0.6) is 5.75 Å². The van der Waals surface area contributed by atoms with Gasteiger partial charge < -0.3 is 15.4 Å². The zero-order valence-corrected chi connectivity index (χ0v) is 20.5. The molecule has 0 aliphatic heterocycles. The van der Waals surface area contributed by atoms with Gasteiger partial charge in [0.1, 0.15) is 11.8 Å². The van der Waals surface area contributed by atoms with Crippen LogP contribution in [-0.4, -0.2) is 37.4 Å². The van der Waals surface area contributed by atoms with Crippen molar-refractivity contribution in [1.82, 2.24) is 10.6 Å². The van der Waals surface area contributed by atoms with Crippen molar-refractivity contribution in [3.05, 3.63) is 69.0 Å². The number of ether oxygens (including phenoxy) is 1. The molecule has 2 aromatic heterocycles. The van der Waals surface area contributed by atoms with E-state index in [0.29, 0.717) is 16.3 Å². The lowest BCUT2D eigenvalue weighted by Gasteiger charge is -2.31. The number of amides is 3. The zero-order chi connectivity index (χ0) is 23.9. The van der Waals surface area contributed by atoms with Gasteiger partial charge in [0.2, 0.25) is 11.8 Å². The second-order valence-electron chi connectivity index (χ2n) is 8.03. The molecular formula is C25H27N3O4S2. The molecular weight excluding hydrogens is 470 g/mol. The Kier molecular flexibility index (Phi) is 7.97. The van der Waals surface area contributed by atoms with Gasteiger partial charge in [-0.15, -0.1) is 22.7 Å². The Balaban J connectivity index is 1.63. The van der Waals surface area contributed by atoms with E-state index in [1.54, 1.807) is 48.9 Å². The van der Waals surface area contributed by atoms with Gasteiger partial charge in [0.05, 0.1) is 18.5 Å². The minimum Gasteiger partial charge on any atom is -0.497 e. The summed E-state index contributed by atoms with van der Waals surface area (Å²) >= 11 is 2.73. The molecule has 0 bridgehead atoms. The van der Waals surface area contributed by atoms with Crippen LogP contribution in [0.2, 0.25) is 0 Å². The number of methoxy groups -OCH3 is 1. The summed E-state index contributed by atoms with van der Waals surface area (Å²) in [6, 6.07) is 13.5. The zero-order valence-electron chi connectivity index (χ0n) is 18.9. The SMILES string of the molecule is COc1ccc(N(C(=O)CNC(=O)c2cccs2)[C@@H](C(=O)NC2CCCC2)c2cccs2)cc1. The highest BCUT2D eigenvalue weighted by atomic mass is 32.1. The highest BCUT2D eigenvalue weighted by molar-refractivity contribution is 7.12. The number of carbonyl (C=O) groups is 3. The molecule has 4 rings (SSSR count). The number of carbonyl (C=O) groups excluding carboxylic acids is 3. The van der Waals surface area contributed by atoms with Crippen molar-refractivity contribution in [1.29, 1.82) is 0 Å². The van der Waals surface area contributed by atoms with Crippen molar-refractivity contribution >= 4 is 46.1 Å². The molecule has 0 spiro atoms. The summed E-state index contributed by atoms with van der Waals surface area (Å²) in [6.45, 7) is -0.235. The van der Waals surface area contributed by atoms with Crippen molar-refractivity contribution in [2.75, 3.05) is 18.6 Å². The molecule has 0 saturated heterocycles. The van der Waals surface area contributed by atoms with E-state index in [0.717, 1.165) is 30.6 Å². The summed E-state index contributed by atoms with van der Waals surface area (Å²) in [7, 11) is 1.57. The molecule has 7 nitrogen and oxygen atoms in total. The predicted molar refractivity (Wildman–Crippen MR) is 135 cm³/mol. The van der Waals surface area contributed by atoms with Crippen LogP contribution in [0.25, 0.3) is 0 Å². The van der Waals surface area contributed by atoms with Crippen LogP contribution < -0.4 is 20.3 Å². The number of thiophene rings is 2. The van der Waals surface area contributed by atoms with Gasteiger partial charge >= 0.3 is 0 Å². The van der Waals surface area contributed by atoms with Gasteiger partial charge in [-0.05, 0) is 60.0 Å². The van der Waals surface area contributed by atoms with Crippen LogP contribution in [-0.2, 0) is 9.59 Å². The molecule has 2 heterocycles. The normalized spacial score (nSPS) is 14.4. The number of hydrogen-bond donors (Lipinski definition) is 2. The summed E-state index contributed by atoms with van der Waals surface area (Å²) in [5.41, 5.74) is 0.552. The monoisotopic (exact) mass is 497 g/mol. The maximum atomic E-state index is 13.6. The van der Waals surface area contributed by atoms with E-state index in [1.807, 2.05) is 17.5 Å². The molecule has 1 atom stereocenters. The lowest BCUT2D eigenvalue weighted by Crippen LogP contribution is -2.48. The summed E-state index contributed by atoms with van der Waals surface area (Å²) in [6.07, 6.45) is 4.06. The van der Waals surface area contributed by atoms with E-state index in [2.05, 4.69) is 10.6 Å². The third kappa shape index (κ3) is 5.66. The fourth-order valence-electron chi connectivity index (χ4n) is 4.09. The van der Waals surface area contributed by atoms with Crippen molar-refractivity contribution in [2.24, 2.45) is 0 Å². The predicted octanol–water partition coefficient (Wildman–Crippen LogP) is 4.38. The Labute approximate surface area is 206 Å². The molecule has 0 unspecified atom stereocenters. The second kappa shape index (κ2) is 11.3. The van der Waals surface area contributed by atoms with Gasteiger partial charge in [0, 0.05) is 16.6 Å². The van der Waals surface area contributed by atoms with Crippen LogP contribution in [0.4, 0.5) is 5.69 Å². The van der Waals surface area contributed by atoms with Crippen LogP contribution in [0.15, 0.2) is 59.3 Å². The van der Waals surface area contributed by atoms with Crippen LogP contribution >= 0.6 is 22.7 Å². The summed E-state index contributed by atoms with van der Waals surface area (Å²) in [5.74, 6) is -0.274. The highest BCUT2D eigenvalue weighted by Gasteiger charge is 2.35. The maximum absolute atomic E-state index is 13.6. The summed E-state index contributed by atoms with van der Waals surface area (Å²) in [4.78, 5) is 42.3. The molecule has 3 amide bonds. The smallest absolute Gasteiger partial charge is 0.261 e. The minimum atomic E-state index is -0.847. The molecule has 178 valence electrons. The van der Waals surface area contributed by atoms with E-state index < -0.39 is 6.04 Å². The first kappa shape index (κ1) is 24.0. The van der Waals surface area contributed by atoms with Crippen molar-refractivity contribution in [2.45, 2.75) is 37.8 Å². The Hall–Kier alpha value is -3.17. The molecule has 3 aromatic rings. The first-order chi connectivity index (χ1) is 16.6. The molecule has 2 N–H and O–H groups in total. The molecule has 1 saturated carbocycles. The minimum absolute atomic E-state index is 0.112. The quantitative estimate of drug-likeness (QED) is 0.459. The molecule has 1 aromatic carbocycles. The van der Waals surface area contributed by atoms with E-state index in [4.69, 9.17) is 4.74 Å². The van der Waals surface area contributed by atoms with Crippen molar-refractivity contribution in [3.63, 3.8) is 0 Å². The fraction of sp³-hybridized carbons (Fsp3) is 0.320. The largest absolute Gasteiger partial charge is 0.497 e. The van der Waals surface area contributed by atoms with E-state index in [-0.39, 0.29) is 30.3 Å². The second-order valence-corrected chi connectivity index (χ2v) is 9.96. The average molecular weight is 498 g/mol. The molecule has 0 radical (unpaired) electrons. The molecule has 9 heteroatoms. The molecule has 1 aliphatic rings. The number of hydrogen-bond acceptors (Lipinski definition) is 6. The maximum Gasteiger partial charge on any atom is 0.261 e. The summed E-state index contributed by atoms with van der Waals surface area (Å²) in [5, 5.41) is 9.54. The third-order valence-electron chi connectivity index (χ3n) is 5.79. The van der Waals surface area contributed by atoms with E-state index in [9.17, 15) is 14.4 Å². The van der Waals surface area contributed by atoms with Crippen LogP contribution in [0.3, 0.4) is 0 Å². The molecule has 1 fully saturated rings. The lowest BCUT2D eigenvalue weighted by molar-refractivity contribution is -0.126.